The van der Waals surface area contributed by atoms with Crippen LogP contribution in [0.25, 0.3) is 32.7 Å². The zero-order valence-electron chi connectivity index (χ0n) is 66.4. The Morgan fingerprint density at radius 1 is 0.316 bits per heavy atom. The summed E-state index contributed by atoms with van der Waals surface area (Å²) in [4.78, 5) is 0. The molecule has 0 N–H and O–H groups in total. The summed E-state index contributed by atoms with van der Waals surface area (Å²) in [5, 5.41) is 5.31. The van der Waals surface area contributed by atoms with Crippen LogP contribution in [0.2, 0.25) is 0 Å². The molecule has 0 heteroatoms. The molecule has 9 fully saturated rings. The monoisotopic (exact) mass is 1300 g/mol. The lowest BCUT2D eigenvalue weighted by atomic mass is 9.70. The minimum absolute atomic E-state index is 0. The van der Waals surface area contributed by atoms with Gasteiger partial charge in [-0.25, -0.2) is 0 Å². The number of hydrogen-bond donors (Lipinski definition) is 0. The molecule has 6 unspecified atom stereocenters. The molecule has 536 valence electrons. The minimum atomic E-state index is 0. The molecule has 0 aliphatic heterocycles. The van der Waals surface area contributed by atoms with E-state index < -0.39 is 0 Å². The summed E-state index contributed by atoms with van der Waals surface area (Å²) < 4.78 is 0. The number of fused-ring (bicyclic) bond motifs is 7. The molecule has 0 amide bonds. The molecule has 0 heterocycles. The first-order chi connectivity index (χ1) is 45.9. The summed E-state index contributed by atoms with van der Waals surface area (Å²) in [6, 6.07) is 31.7. The Kier molecular flexibility index (Phi) is 35.6. The lowest BCUT2D eigenvalue weighted by Crippen LogP contribution is -2.24. The van der Waals surface area contributed by atoms with Crippen LogP contribution in [0.1, 0.15) is 344 Å². The molecule has 0 nitrogen and oxygen atoms in total. The molecule has 5 aromatic rings. The number of rotatable bonds is 7. The predicted molar refractivity (Wildman–Crippen MR) is 429 cm³/mol. The molecule has 9 aliphatic carbocycles. The van der Waals surface area contributed by atoms with Crippen LogP contribution in [0.4, 0.5) is 0 Å². The zero-order chi connectivity index (χ0) is 69.1. The second-order valence-electron chi connectivity index (χ2n) is 33.8. The smallest absolute Gasteiger partial charge is 0 e. The summed E-state index contributed by atoms with van der Waals surface area (Å²) >= 11 is 0. The number of hydrogen-bond acceptors (Lipinski definition) is 0. The quantitative estimate of drug-likeness (QED) is 0.143. The van der Waals surface area contributed by atoms with Crippen LogP contribution in [-0.4, -0.2) is 0 Å². The van der Waals surface area contributed by atoms with Crippen LogP contribution in [0, 0.1) is 135 Å². The van der Waals surface area contributed by atoms with Crippen LogP contribution >= 0.6 is 0 Å². The van der Waals surface area contributed by atoms with Crippen LogP contribution in [0.3, 0.4) is 0 Å². The van der Waals surface area contributed by atoms with E-state index in [2.05, 4.69) is 182 Å². The number of benzene rings is 5. The maximum absolute atomic E-state index is 2.43. The Labute approximate surface area is 593 Å². The van der Waals surface area contributed by atoms with E-state index >= 15 is 0 Å². The van der Waals surface area contributed by atoms with Crippen molar-refractivity contribution in [3.63, 3.8) is 0 Å². The largest absolute Gasteiger partial charge is 0.0683 e. The lowest BCUT2D eigenvalue weighted by molar-refractivity contribution is 0.155. The van der Waals surface area contributed by atoms with Crippen molar-refractivity contribution >= 4 is 21.5 Å². The van der Waals surface area contributed by atoms with E-state index in [1.54, 1.807) is 57.8 Å². The Morgan fingerprint density at radius 3 is 1.12 bits per heavy atom. The molecule has 95 heavy (non-hydrogen) atoms. The molecule has 9 saturated carbocycles. The summed E-state index contributed by atoms with van der Waals surface area (Å²) in [6.07, 6.45) is 46.7. The van der Waals surface area contributed by atoms with Crippen molar-refractivity contribution in [1.82, 2.24) is 0 Å². The molecule has 6 atom stereocenters. The molecule has 0 aromatic heterocycles. The maximum Gasteiger partial charge on any atom is 0 e. The van der Waals surface area contributed by atoms with Gasteiger partial charge in [0.05, 0.1) is 0 Å². The molecule has 2 bridgehead atoms. The summed E-state index contributed by atoms with van der Waals surface area (Å²) in [5.74, 6) is 19.1. The van der Waals surface area contributed by atoms with Crippen molar-refractivity contribution in [3.8, 4) is 11.1 Å². The first kappa shape index (κ1) is 80.6. The van der Waals surface area contributed by atoms with Gasteiger partial charge < -0.3 is 0 Å². The molecule has 9 aliphatic rings. The molecular weight excluding hydrogens is 1140 g/mol. The summed E-state index contributed by atoms with van der Waals surface area (Å²) in [5.41, 5.74) is 11.1. The van der Waals surface area contributed by atoms with Crippen LogP contribution in [0.5, 0.6) is 0 Å². The van der Waals surface area contributed by atoms with E-state index in [0.717, 1.165) is 94.7 Å². The van der Waals surface area contributed by atoms with Gasteiger partial charge in [0.1, 0.15) is 0 Å². The van der Waals surface area contributed by atoms with Crippen LogP contribution in [-0.2, 0) is 0 Å². The Morgan fingerprint density at radius 2 is 0.705 bits per heavy atom. The second kappa shape index (κ2) is 42.0. The molecule has 0 radical (unpaired) electrons. The zero-order valence-corrected chi connectivity index (χ0v) is 66.4. The van der Waals surface area contributed by atoms with E-state index in [-0.39, 0.29) is 1.43 Å². The van der Waals surface area contributed by atoms with Crippen LogP contribution < -0.4 is 0 Å². The van der Waals surface area contributed by atoms with E-state index in [1.807, 2.05) is 41.5 Å². The molecule has 14 rings (SSSR count). The van der Waals surface area contributed by atoms with Gasteiger partial charge in [0, 0.05) is 1.43 Å². The van der Waals surface area contributed by atoms with Gasteiger partial charge in [0.2, 0.25) is 0 Å². The van der Waals surface area contributed by atoms with Crippen molar-refractivity contribution in [2.45, 2.75) is 343 Å². The van der Waals surface area contributed by atoms with Crippen molar-refractivity contribution in [2.75, 3.05) is 0 Å². The van der Waals surface area contributed by atoms with E-state index in [4.69, 9.17) is 0 Å². The maximum atomic E-state index is 2.43. The van der Waals surface area contributed by atoms with Gasteiger partial charge in [0.15, 0.2) is 0 Å². The van der Waals surface area contributed by atoms with E-state index in [9.17, 15) is 0 Å². The fraction of sp³-hybridized carbons (Fsp3) is 0.726. The minimum Gasteiger partial charge on any atom is -0.0683 e. The Bertz CT molecular complexity index is 2730. The number of aryl methyl sites for hydroxylation is 3. The lowest BCUT2D eigenvalue weighted by Gasteiger charge is -2.36. The Hall–Kier alpha value is -3.38. The first-order valence-electron chi connectivity index (χ1n) is 42.0. The van der Waals surface area contributed by atoms with Crippen molar-refractivity contribution in [2.24, 2.45) is 101 Å². The molecule has 0 saturated heterocycles. The van der Waals surface area contributed by atoms with Crippen LogP contribution in [0.15, 0.2) is 84.9 Å². The standard InChI is InChI=1S/C22H28.C16H14.C15H28.C14H24.C14H26.C8H16.3C2H6.H2/c1-15-5-8-19(9-6-15)20-10-12-21(13-11-20)22-14-7-16(2)17(3)18(22)4;1-11-3-5-13-10-16-8-12(2)4-6-14(16)9-15(13)7-11;1-12-3-7-14(8-4-12)11-15-9-5-13(2)6-10-15;1-3-9-5-12-11-7-10(4-2)13(8-11)14(12)6-9;1-11-3-7-13(8-4-11)14-9-5-12(2)6-10-14;1-7-3-5-8(2)6-4-7;3*1-2;/h7,10-15,19H,5-6,8-9H2,1-4H3;3-10H,1-2H3;12-15H,3-11H2,1-2H3;9-14H,3-8H2,1-2H3;11-14H,3-10H2,1-2H3;7-8H,3-6H2,1-2H3;3*1-2H3;1H. The third kappa shape index (κ3) is 24.7. The normalized spacial score (nSPS) is 32.0. The SMILES string of the molecule is CC.CC.CC.CC1CCC(C)CC1.CC1CCC(C2CCC(C)CC2)CC1.CC1CCC(CC2CCC(C)CC2)CC1.CCC1CC2C3CC(CC)C(C3)C2C1.Cc1ccc(-c2ccc(C3CCC(C)CC3)cc2)c(C)c1C.Cc1ccc2cc3cc(C)ccc3cc2c1.[HH]. The topological polar surface area (TPSA) is 0 Å². The van der Waals surface area contributed by atoms with Gasteiger partial charge >= 0.3 is 0 Å². The highest BCUT2D eigenvalue weighted by Gasteiger charge is 2.54. The molecule has 0 spiro atoms. The van der Waals surface area contributed by atoms with Gasteiger partial charge in [-0.1, -0.05) is 316 Å². The Balaban J connectivity index is 0.000000208. The summed E-state index contributed by atoms with van der Waals surface area (Å²) in [6.45, 7) is 44.6. The van der Waals surface area contributed by atoms with Gasteiger partial charge in [-0.05, 0) is 279 Å². The fourth-order valence-corrected chi connectivity index (χ4v) is 19.7. The van der Waals surface area contributed by atoms with E-state index in [0.29, 0.717) is 0 Å². The van der Waals surface area contributed by atoms with Gasteiger partial charge in [0.25, 0.3) is 0 Å². The van der Waals surface area contributed by atoms with Crippen molar-refractivity contribution in [1.29, 1.82) is 0 Å². The first-order valence-corrected chi connectivity index (χ1v) is 42.0. The second-order valence-corrected chi connectivity index (χ2v) is 33.8. The van der Waals surface area contributed by atoms with Gasteiger partial charge in [-0.2, -0.15) is 0 Å². The highest BCUT2D eigenvalue weighted by atomic mass is 14.6. The average molecular weight is 1300 g/mol. The predicted octanol–water partition coefficient (Wildman–Crippen LogP) is 31.1. The highest BCUT2D eigenvalue weighted by molar-refractivity contribution is 5.98. The molecule has 5 aromatic carbocycles. The third-order valence-corrected chi connectivity index (χ3v) is 26.7. The van der Waals surface area contributed by atoms with Crippen molar-refractivity contribution in [3.05, 3.63) is 118 Å². The fourth-order valence-electron chi connectivity index (χ4n) is 19.7. The third-order valence-electron chi connectivity index (χ3n) is 26.7. The highest BCUT2D eigenvalue weighted by Crippen LogP contribution is 2.63. The average Bonchev–Trinajstić information content (AvgIpc) is 1.58. The summed E-state index contributed by atoms with van der Waals surface area (Å²) in [7, 11) is 0. The van der Waals surface area contributed by atoms with Gasteiger partial charge in [-0.3, -0.25) is 0 Å². The van der Waals surface area contributed by atoms with Gasteiger partial charge in [-0.15, -0.1) is 0 Å². The van der Waals surface area contributed by atoms with Crippen molar-refractivity contribution < 1.29 is 1.43 Å². The van der Waals surface area contributed by atoms with E-state index in [1.165, 1.54) is 219 Å². The molecular formula is C95H156.